The number of piperidine rings is 1. The molecule has 108 valence electrons. The zero-order valence-electron chi connectivity index (χ0n) is 11.1. The van der Waals surface area contributed by atoms with Gasteiger partial charge in [-0.05, 0) is 37.5 Å². The maximum absolute atomic E-state index is 12.5. The van der Waals surface area contributed by atoms with E-state index in [1.54, 1.807) is 0 Å². The standard InChI is InChI=1S/C14H16ClNO4/c1-20-14(19)11-4-2-3-7-16(11)13(18)10-6-5-9(15)8-12(10)17/h5-6,8,11,17H,2-4,7H2,1H3/t11-/m1/s1. The molecule has 1 saturated heterocycles. The summed E-state index contributed by atoms with van der Waals surface area (Å²) in [7, 11) is 1.30. The molecular weight excluding hydrogens is 282 g/mol. The Balaban J connectivity index is 2.27. The molecule has 6 heteroatoms. The molecule has 1 fully saturated rings. The lowest BCUT2D eigenvalue weighted by Gasteiger charge is -2.33. The predicted molar refractivity (Wildman–Crippen MR) is 73.8 cm³/mol. The van der Waals surface area contributed by atoms with Gasteiger partial charge in [-0.25, -0.2) is 4.79 Å². The lowest BCUT2D eigenvalue weighted by atomic mass is 10.0. The molecule has 0 saturated carbocycles. The highest BCUT2D eigenvalue weighted by Crippen LogP contribution is 2.26. The van der Waals surface area contributed by atoms with Crippen LogP contribution in [-0.4, -0.2) is 41.6 Å². The minimum atomic E-state index is -0.587. The normalized spacial score (nSPS) is 18.7. The molecule has 1 amide bonds. The van der Waals surface area contributed by atoms with E-state index < -0.39 is 12.0 Å². The van der Waals surface area contributed by atoms with Crippen molar-refractivity contribution in [3.8, 4) is 5.75 Å². The molecule has 0 aliphatic carbocycles. The number of ether oxygens (including phenoxy) is 1. The minimum absolute atomic E-state index is 0.144. The zero-order chi connectivity index (χ0) is 14.7. The first-order valence-corrected chi connectivity index (χ1v) is 6.79. The number of benzene rings is 1. The number of amides is 1. The number of methoxy groups -OCH3 is 1. The van der Waals surface area contributed by atoms with Gasteiger partial charge in [0, 0.05) is 11.6 Å². The van der Waals surface area contributed by atoms with E-state index in [0.29, 0.717) is 18.0 Å². The highest BCUT2D eigenvalue weighted by molar-refractivity contribution is 6.30. The maximum Gasteiger partial charge on any atom is 0.328 e. The van der Waals surface area contributed by atoms with Crippen LogP contribution in [0.3, 0.4) is 0 Å². The van der Waals surface area contributed by atoms with Crippen LogP contribution >= 0.6 is 11.6 Å². The van der Waals surface area contributed by atoms with E-state index in [4.69, 9.17) is 16.3 Å². The Kier molecular flexibility index (Phi) is 4.49. The van der Waals surface area contributed by atoms with Crippen molar-refractivity contribution in [1.29, 1.82) is 0 Å². The van der Waals surface area contributed by atoms with Gasteiger partial charge in [0.05, 0.1) is 12.7 Å². The molecule has 1 atom stereocenters. The number of nitrogens with zero attached hydrogens (tertiary/aromatic N) is 1. The van der Waals surface area contributed by atoms with E-state index in [1.807, 2.05) is 0 Å². The van der Waals surface area contributed by atoms with Crippen molar-refractivity contribution < 1.29 is 19.4 Å². The van der Waals surface area contributed by atoms with Gasteiger partial charge in [0.25, 0.3) is 5.91 Å². The van der Waals surface area contributed by atoms with Crippen molar-refractivity contribution in [3.05, 3.63) is 28.8 Å². The van der Waals surface area contributed by atoms with Gasteiger partial charge in [-0.3, -0.25) is 4.79 Å². The second-order valence-electron chi connectivity index (χ2n) is 4.69. The lowest BCUT2D eigenvalue weighted by molar-refractivity contribution is -0.147. The van der Waals surface area contributed by atoms with Crippen LogP contribution in [0.15, 0.2) is 18.2 Å². The number of likely N-dealkylation sites (tertiary alicyclic amines) is 1. The summed E-state index contributed by atoms with van der Waals surface area (Å²) in [6.07, 6.45) is 2.27. The van der Waals surface area contributed by atoms with Gasteiger partial charge >= 0.3 is 5.97 Å². The number of phenolic OH excluding ortho intramolecular Hbond substituents is 1. The molecule has 0 spiro atoms. The zero-order valence-corrected chi connectivity index (χ0v) is 11.9. The average Bonchev–Trinajstić information content (AvgIpc) is 2.46. The number of phenols is 1. The topological polar surface area (TPSA) is 66.8 Å². The summed E-state index contributed by atoms with van der Waals surface area (Å²) in [4.78, 5) is 25.7. The van der Waals surface area contributed by atoms with Crippen molar-refractivity contribution >= 4 is 23.5 Å². The number of carbonyl (C=O) groups excluding carboxylic acids is 2. The maximum atomic E-state index is 12.5. The number of halogens is 1. The molecule has 2 rings (SSSR count). The summed E-state index contributed by atoms with van der Waals surface area (Å²) in [5.41, 5.74) is 0.144. The SMILES string of the molecule is COC(=O)[C@H]1CCCCN1C(=O)c1ccc(Cl)cc1O. The number of esters is 1. The van der Waals surface area contributed by atoms with Gasteiger partial charge in [-0.1, -0.05) is 11.6 Å². The first-order chi connectivity index (χ1) is 9.54. The molecule has 0 radical (unpaired) electrons. The minimum Gasteiger partial charge on any atom is -0.507 e. The Hall–Kier alpha value is -1.75. The first kappa shape index (κ1) is 14.7. The third-order valence-electron chi connectivity index (χ3n) is 3.43. The van der Waals surface area contributed by atoms with E-state index in [-0.39, 0.29) is 17.2 Å². The van der Waals surface area contributed by atoms with Gasteiger partial charge < -0.3 is 14.7 Å². The Bertz CT molecular complexity index is 532. The smallest absolute Gasteiger partial charge is 0.328 e. The average molecular weight is 298 g/mol. The van der Waals surface area contributed by atoms with Gasteiger partial charge in [0.1, 0.15) is 11.8 Å². The Morgan fingerprint density at radius 2 is 2.15 bits per heavy atom. The molecule has 5 nitrogen and oxygen atoms in total. The second kappa shape index (κ2) is 6.13. The largest absolute Gasteiger partial charge is 0.507 e. The number of hydrogen-bond donors (Lipinski definition) is 1. The molecule has 1 N–H and O–H groups in total. The summed E-state index contributed by atoms with van der Waals surface area (Å²) in [5.74, 6) is -0.988. The van der Waals surface area contributed by atoms with E-state index in [9.17, 15) is 14.7 Å². The Labute approximate surface area is 122 Å². The lowest BCUT2D eigenvalue weighted by Crippen LogP contribution is -2.48. The number of aromatic hydroxyl groups is 1. The summed E-state index contributed by atoms with van der Waals surface area (Å²) in [6.45, 7) is 0.473. The Morgan fingerprint density at radius 3 is 2.80 bits per heavy atom. The fraction of sp³-hybridized carbons (Fsp3) is 0.429. The van der Waals surface area contributed by atoms with Crippen molar-refractivity contribution in [2.75, 3.05) is 13.7 Å². The molecule has 1 heterocycles. The van der Waals surface area contributed by atoms with Crippen molar-refractivity contribution in [1.82, 2.24) is 4.90 Å². The second-order valence-corrected chi connectivity index (χ2v) is 5.13. The van der Waals surface area contributed by atoms with E-state index in [2.05, 4.69) is 0 Å². The third-order valence-corrected chi connectivity index (χ3v) is 3.66. The third kappa shape index (κ3) is 2.88. The number of rotatable bonds is 2. The first-order valence-electron chi connectivity index (χ1n) is 6.42. The molecule has 1 aliphatic heterocycles. The van der Waals surface area contributed by atoms with Crippen LogP contribution in [0.4, 0.5) is 0 Å². The van der Waals surface area contributed by atoms with Crippen LogP contribution < -0.4 is 0 Å². The fourth-order valence-electron chi connectivity index (χ4n) is 2.40. The molecule has 0 bridgehead atoms. The van der Waals surface area contributed by atoms with Gasteiger partial charge in [-0.2, -0.15) is 0 Å². The number of carbonyl (C=O) groups is 2. The molecule has 0 aromatic heterocycles. The highest BCUT2D eigenvalue weighted by atomic mass is 35.5. The van der Waals surface area contributed by atoms with Crippen LogP contribution in [0.5, 0.6) is 5.75 Å². The van der Waals surface area contributed by atoms with E-state index in [1.165, 1.54) is 30.2 Å². The summed E-state index contributed by atoms with van der Waals surface area (Å²) >= 11 is 5.75. The van der Waals surface area contributed by atoms with Crippen LogP contribution in [0.25, 0.3) is 0 Å². The summed E-state index contributed by atoms with van der Waals surface area (Å²) < 4.78 is 4.74. The van der Waals surface area contributed by atoms with Crippen molar-refractivity contribution in [2.24, 2.45) is 0 Å². The number of hydrogen-bond acceptors (Lipinski definition) is 4. The fourth-order valence-corrected chi connectivity index (χ4v) is 2.56. The van der Waals surface area contributed by atoms with E-state index in [0.717, 1.165) is 12.8 Å². The van der Waals surface area contributed by atoms with Crippen molar-refractivity contribution in [3.63, 3.8) is 0 Å². The monoisotopic (exact) mass is 297 g/mol. The quantitative estimate of drug-likeness (QED) is 0.850. The van der Waals surface area contributed by atoms with Gasteiger partial charge in [-0.15, -0.1) is 0 Å². The van der Waals surface area contributed by atoms with Crippen molar-refractivity contribution in [2.45, 2.75) is 25.3 Å². The molecule has 1 aliphatic rings. The molecular formula is C14H16ClNO4. The molecule has 1 aromatic carbocycles. The van der Waals surface area contributed by atoms with Crippen LogP contribution in [-0.2, 0) is 9.53 Å². The van der Waals surface area contributed by atoms with Crippen LogP contribution in [0.2, 0.25) is 5.02 Å². The molecule has 20 heavy (non-hydrogen) atoms. The predicted octanol–water partition coefficient (Wildman–Crippen LogP) is 2.21. The van der Waals surface area contributed by atoms with Gasteiger partial charge in [0.2, 0.25) is 0 Å². The van der Waals surface area contributed by atoms with E-state index >= 15 is 0 Å². The molecule has 1 aromatic rings. The Morgan fingerprint density at radius 1 is 1.40 bits per heavy atom. The van der Waals surface area contributed by atoms with Crippen LogP contribution in [0.1, 0.15) is 29.6 Å². The highest BCUT2D eigenvalue weighted by Gasteiger charge is 2.34. The van der Waals surface area contributed by atoms with Gasteiger partial charge in [0.15, 0.2) is 0 Å². The molecule has 0 unspecified atom stereocenters. The summed E-state index contributed by atoms with van der Waals surface area (Å²) in [6, 6.07) is 3.72. The van der Waals surface area contributed by atoms with Crippen LogP contribution in [0, 0.1) is 0 Å². The summed E-state index contributed by atoms with van der Waals surface area (Å²) in [5, 5.41) is 10.2.